The van der Waals surface area contributed by atoms with Gasteiger partial charge < -0.3 is 5.32 Å². The number of nitrogens with one attached hydrogen (secondary N) is 1. The van der Waals surface area contributed by atoms with Crippen molar-refractivity contribution in [1.82, 2.24) is 10.4 Å². The summed E-state index contributed by atoms with van der Waals surface area (Å²) >= 11 is 0. The molecule has 1 aliphatic heterocycles. The minimum atomic E-state index is 0.0859. The monoisotopic (exact) mass is 294 g/mol. The third-order valence-electron chi connectivity index (χ3n) is 5.15. The normalized spacial score (nSPS) is 30.6. The Morgan fingerprint density at radius 1 is 0.905 bits per heavy atom. The molecule has 0 radical (unpaired) electrons. The number of carbonyl (C=O) groups excluding carboxylic acids is 2. The highest BCUT2D eigenvalue weighted by Crippen LogP contribution is 2.29. The fourth-order valence-corrected chi connectivity index (χ4v) is 3.82. The largest absolute Gasteiger partial charge is 0.353 e. The first kappa shape index (κ1) is 14.8. The lowest BCUT2D eigenvalue weighted by molar-refractivity contribution is -0.174. The predicted molar refractivity (Wildman–Crippen MR) is 78.1 cm³/mol. The van der Waals surface area contributed by atoms with Gasteiger partial charge in [-0.3, -0.25) is 14.4 Å². The summed E-state index contributed by atoms with van der Waals surface area (Å²) in [5.74, 6) is 0.711. The topological polar surface area (TPSA) is 58.6 Å². The first-order chi connectivity index (χ1) is 10.2. The highest BCUT2D eigenvalue weighted by Gasteiger charge is 2.33. The second kappa shape index (κ2) is 6.77. The van der Waals surface area contributed by atoms with Crippen molar-refractivity contribution in [1.29, 1.82) is 0 Å². The molecule has 0 aromatic rings. The first-order valence-electron chi connectivity index (χ1n) is 8.48. The summed E-state index contributed by atoms with van der Waals surface area (Å²) in [6.45, 7) is 1.40. The van der Waals surface area contributed by atoms with Gasteiger partial charge in [0.1, 0.15) is 0 Å². The average molecular weight is 294 g/mol. The standard InChI is InChI=1S/C16H26N2O3/c19-15(12-4-1-2-5-12)17-14-8-6-13(7-9-14)16(20)18-10-3-11-21-18/h12-14H,1-11H2,(H,17,19). The summed E-state index contributed by atoms with van der Waals surface area (Å²) in [6.07, 6.45) is 8.99. The molecule has 0 aromatic heterocycles. The number of rotatable bonds is 3. The van der Waals surface area contributed by atoms with Gasteiger partial charge in [0.25, 0.3) is 0 Å². The van der Waals surface area contributed by atoms with Crippen molar-refractivity contribution in [2.24, 2.45) is 11.8 Å². The molecule has 0 unspecified atom stereocenters. The third-order valence-corrected chi connectivity index (χ3v) is 5.15. The molecule has 21 heavy (non-hydrogen) atoms. The molecule has 1 saturated heterocycles. The van der Waals surface area contributed by atoms with Crippen molar-refractivity contribution in [2.45, 2.75) is 63.8 Å². The van der Waals surface area contributed by atoms with E-state index in [9.17, 15) is 9.59 Å². The van der Waals surface area contributed by atoms with Crippen LogP contribution in [0.4, 0.5) is 0 Å². The van der Waals surface area contributed by atoms with Gasteiger partial charge in [-0.05, 0) is 44.9 Å². The van der Waals surface area contributed by atoms with E-state index < -0.39 is 0 Å². The molecule has 0 bridgehead atoms. The molecular formula is C16H26N2O3. The van der Waals surface area contributed by atoms with E-state index in [0.29, 0.717) is 6.61 Å². The smallest absolute Gasteiger partial charge is 0.249 e. The molecule has 0 atom stereocenters. The molecule has 1 heterocycles. The van der Waals surface area contributed by atoms with Crippen LogP contribution in [0.3, 0.4) is 0 Å². The molecule has 3 rings (SSSR count). The minimum absolute atomic E-state index is 0.0859. The maximum Gasteiger partial charge on any atom is 0.249 e. The summed E-state index contributed by atoms with van der Waals surface area (Å²) in [5.41, 5.74) is 0. The summed E-state index contributed by atoms with van der Waals surface area (Å²) in [4.78, 5) is 29.7. The van der Waals surface area contributed by atoms with Gasteiger partial charge in [0.15, 0.2) is 0 Å². The van der Waals surface area contributed by atoms with Crippen molar-refractivity contribution >= 4 is 11.8 Å². The van der Waals surface area contributed by atoms with Crippen LogP contribution in [0, 0.1) is 11.8 Å². The van der Waals surface area contributed by atoms with Gasteiger partial charge >= 0.3 is 0 Å². The van der Waals surface area contributed by atoms with E-state index in [1.807, 2.05) is 0 Å². The van der Waals surface area contributed by atoms with Gasteiger partial charge in [-0.25, -0.2) is 5.06 Å². The van der Waals surface area contributed by atoms with E-state index in [1.54, 1.807) is 5.06 Å². The molecule has 3 aliphatic rings. The number of carbonyl (C=O) groups is 2. The summed E-state index contributed by atoms with van der Waals surface area (Å²) in [5, 5.41) is 4.74. The fourth-order valence-electron chi connectivity index (χ4n) is 3.82. The van der Waals surface area contributed by atoms with E-state index in [4.69, 9.17) is 4.84 Å². The molecule has 1 N–H and O–H groups in total. The lowest BCUT2D eigenvalue weighted by Gasteiger charge is -2.30. The zero-order valence-electron chi connectivity index (χ0n) is 12.7. The number of amides is 2. The van der Waals surface area contributed by atoms with E-state index in [0.717, 1.165) is 51.5 Å². The summed E-state index contributed by atoms with van der Waals surface area (Å²) in [7, 11) is 0. The SMILES string of the molecule is O=C(NC1CCC(C(=O)N2CCCO2)CC1)C1CCCC1. The zero-order chi connectivity index (χ0) is 14.7. The number of hydrogen-bond acceptors (Lipinski definition) is 3. The Morgan fingerprint density at radius 2 is 1.62 bits per heavy atom. The molecule has 2 saturated carbocycles. The molecule has 5 heteroatoms. The predicted octanol–water partition coefficient (Wildman–Crippen LogP) is 2.02. The second-order valence-electron chi connectivity index (χ2n) is 6.67. The van der Waals surface area contributed by atoms with E-state index in [-0.39, 0.29) is 29.7 Å². The van der Waals surface area contributed by atoms with Crippen LogP contribution >= 0.6 is 0 Å². The minimum Gasteiger partial charge on any atom is -0.353 e. The Hall–Kier alpha value is -1.10. The average Bonchev–Trinajstić information content (AvgIpc) is 3.20. The van der Waals surface area contributed by atoms with Gasteiger partial charge in [-0.2, -0.15) is 0 Å². The maximum atomic E-state index is 12.3. The van der Waals surface area contributed by atoms with Gasteiger partial charge in [0, 0.05) is 17.9 Å². The van der Waals surface area contributed by atoms with E-state index in [2.05, 4.69) is 5.32 Å². The molecule has 0 aromatic carbocycles. The number of nitrogens with zero attached hydrogens (tertiary/aromatic N) is 1. The molecular weight excluding hydrogens is 268 g/mol. The Labute approximate surface area is 126 Å². The molecule has 118 valence electrons. The van der Waals surface area contributed by atoms with Crippen LogP contribution < -0.4 is 5.32 Å². The Bertz CT molecular complexity index is 379. The van der Waals surface area contributed by atoms with Gasteiger partial charge in [-0.1, -0.05) is 12.8 Å². The first-order valence-corrected chi connectivity index (χ1v) is 8.48. The van der Waals surface area contributed by atoms with Crippen LogP contribution in [-0.4, -0.2) is 36.1 Å². The maximum absolute atomic E-state index is 12.3. The molecule has 2 amide bonds. The van der Waals surface area contributed by atoms with Crippen molar-refractivity contribution in [3.8, 4) is 0 Å². The summed E-state index contributed by atoms with van der Waals surface area (Å²) < 4.78 is 0. The Kier molecular flexibility index (Phi) is 4.78. The number of hydroxylamine groups is 2. The molecule has 5 nitrogen and oxygen atoms in total. The summed E-state index contributed by atoms with van der Waals surface area (Å²) in [6, 6.07) is 0.265. The van der Waals surface area contributed by atoms with Gasteiger partial charge in [-0.15, -0.1) is 0 Å². The van der Waals surface area contributed by atoms with Crippen LogP contribution in [-0.2, 0) is 14.4 Å². The molecule has 3 fully saturated rings. The molecule has 0 spiro atoms. The van der Waals surface area contributed by atoms with Crippen LogP contribution in [0.5, 0.6) is 0 Å². The third kappa shape index (κ3) is 3.57. The van der Waals surface area contributed by atoms with Crippen LogP contribution in [0.1, 0.15) is 57.8 Å². The van der Waals surface area contributed by atoms with Gasteiger partial charge in [0.05, 0.1) is 13.2 Å². The quantitative estimate of drug-likeness (QED) is 0.866. The lowest BCUT2D eigenvalue weighted by atomic mass is 9.85. The highest BCUT2D eigenvalue weighted by atomic mass is 16.7. The Morgan fingerprint density at radius 3 is 2.24 bits per heavy atom. The van der Waals surface area contributed by atoms with Gasteiger partial charge in [0.2, 0.25) is 11.8 Å². The van der Waals surface area contributed by atoms with Crippen LogP contribution in [0.2, 0.25) is 0 Å². The Balaban J connectivity index is 1.42. The van der Waals surface area contributed by atoms with E-state index >= 15 is 0 Å². The van der Waals surface area contributed by atoms with Crippen molar-refractivity contribution in [2.75, 3.05) is 13.2 Å². The number of hydrogen-bond donors (Lipinski definition) is 1. The molecule has 2 aliphatic carbocycles. The van der Waals surface area contributed by atoms with E-state index in [1.165, 1.54) is 12.8 Å². The highest BCUT2D eigenvalue weighted by molar-refractivity contribution is 5.79. The zero-order valence-corrected chi connectivity index (χ0v) is 12.7. The lowest BCUT2D eigenvalue weighted by Crippen LogP contribution is -2.43. The van der Waals surface area contributed by atoms with Crippen LogP contribution in [0.25, 0.3) is 0 Å². The van der Waals surface area contributed by atoms with Crippen molar-refractivity contribution < 1.29 is 14.4 Å². The van der Waals surface area contributed by atoms with Crippen LogP contribution in [0.15, 0.2) is 0 Å². The second-order valence-corrected chi connectivity index (χ2v) is 6.67. The van der Waals surface area contributed by atoms with Crippen molar-refractivity contribution in [3.63, 3.8) is 0 Å². The van der Waals surface area contributed by atoms with Crippen molar-refractivity contribution in [3.05, 3.63) is 0 Å². The fraction of sp³-hybridized carbons (Fsp3) is 0.875.